The zero-order valence-corrected chi connectivity index (χ0v) is 11.9. The number of rotatable bonds is 2. The number of nitrogens with zero attached hydrogens (tertiary/aromatic N) is 1. The lowest BCUT2D eigenvalue weighted by molar-refractivity contribution is 0.0708. The van der Waals surface area contributed by atoms with E-state index in [1.165, 1.54) is 0 Å². The molecule has 1 aromatic rings. The maximum Gasteiger partial charge on any atom is 0.253 e. The number of carbonyl (C=O) groups excluding carboxylic acids is 1. The molecule has 3 nitrogen and oxygen atoms in total. The predicted molar refractivity (Wildman–Crippen MR) is 76.7 cm³/mol. The van der Waals surface area contributed by atoms with Crippen molar-refractivity contribution in [2.45, 2.75) is 18.9 Å². The van der Waals surface area contributed by atoms with Crippen molar-refractivity contribution >= 4 is 29.9 Å². The Balaban J connectivity index is 0.00000162. The van der Waals surface area contributed by atoms with Crippen molar-refractivity contribution < 1.29 is 4.79 Å². The molecule has 0 aromatic heterocycles. The second kappa shape index (κ2) is 6.98. The largest absolute Gasteiger partial charge is 0.337 e. The van der Waals surface area contributed by atoms with Gasteiger partial charge >= 0.3 is 0 Å². The molecule has 18 heavy (non-hydrogen) atoms. The molecular weight excluding hydrogens is 271 g/mol. The van der Waals surface area contributed by atoms with E-state index in [9.17, 15) is 4.79 Å². The highest BCUT2D eigenvalue weighted by molar-refractivity contribution is 6.30. The van der Waals surface area contributed by atoms with Crippen LogP contribution in [0, 0.1) is 0 Å². The SMILES string of the molecule is CN(C(=O)c1cccc(Cl)c1)C1CCCNC1.Cl. The fraction of sp³-hybridized carbons (Fsp3) is 0.462. The van der Waals surface area contributed by atoms with Gasteiger partial charge in [0.25, 0.3) is 5.91 Å². The van der Waals surface area contributed by atoms with Crippen LogP contribution in [0.2, 0.25) is 5.02 Å². The molecule has 0 radical (unpaired) electrons. The van der Waals surface area contributed by atoms with E-state index in [0.29, 0.717) is 10.6 Å². The quantitative estimate of drug-likeness (QED) is 0.907. The molecule has 0 bridgehead atoms. The Labute approximate surface area is 119 Å². The molecule has 1 amide bonds. The standard InChI is InChI=1S/C13H17ClN2O.ClH/c1-16(12-6-3-7-15-9-12)13(17)10-4-2-5-11(14)8-10;/h2,4-5,8,12,15H,3,6-7,9H2,1H3;1H. The second-order valence-electron chi connectivity index (χ2n) is 4.43. The molecule has 1 unspecified atom stereocenters. The summed E-state index contributed by atoms with van der Waals surface area (Å²) in [7, 11) is 1.86. The van der Waals surface area contributed by atoms with Gasteiger partial charge in [-0.1, -0.05) is 17.7 Å². The summed E-state index contributed by atoms with van der Waals surface area (Å²) in [5.41, 5.74) is 0.658. The zero-order chi connectivity index (χ0) is 12.3. The Kier molecular flexibility index (Phi) is 5.93. The van der Waals surface area contributed by atoms with Crippen molar-refractivity contribution in [2.24, 2.45) is 0 Å². The van der Waals surface area contributed by atoms with E-state index in [1.54, 1.807) is 18.2 Å². The van der Waals surface area contributed by atoms with Gasteiger partial charge in [-0.15, -0.1) is 12.4 Å². The molecule has 1 aliphatic heterocycles. The number of likely N-dealkylation sites (N-methyl/N-ethyl adjacent to an activating group) is 1. The van der Waals surface area contributed by atoms with Gasteiger partial charge in [-0.2, -0.15) is 0 Å². The number of hydrogen-bond donors (Lipinski definition) is 1. The van der Waals surface area contributed by atoms with Crippen LogP contribution in [0.25, 0.3) is 0 Å². The Morgan fingerprint density at radius 2 is 2.28 bits per heavy atom. The van der Waals surface area contributed by atoms with Crippen LogP contribution in [0.1, 0.15) is 23.2 Å². The van der Waals surface area contributed by atoms with Gasteiger partial charge in [0, 0.05) is 30.2 Å². The zero-order valence-electron chi connectivity index (χ0n) is 10.4. The van der Waals surface area contributed by atoms with Gasteiger partial charge in [0.05, 0.1) is 0 Å². The van der Waals surface area contributed by atoms with E-state index >= 15 is 0 Å². The topological polar surface area (TPSA) is 32.3 Å². The summed E-state index contributed by atoms with van der Waals surface area (Å²) >= 11 is 5.90. The highest BCUT2D eigenvalue weighted by atomic mass is 35.5. The Bertz CT molecular complexity index is 406. The van der Waals surface area contributed by atoms with Gasteiger partial charge < -0.3 is 10.2 Å². The molecule has 1 aliphatic rings. The van der Waals surface area contributed by atoms with Crippen LogP contribution >= 0.6 is 24.0 Å². The van der Waals surface area contributed by atoms with E-state index in [1.807, 2.05) is 18.0 Å². The number of nitrogens with one attached hydrogen (secondary N) is 1. The van der Waals surface area contributed by atoms with E-state index in [2.05, 4.69) is 5.32 Å². The molecule has 2 rings (SSSR count). The third-order valence-corrected chi connectivity index (χ3v) is 3.45. The van der Waals surface area contributed by atoms with Gasteiger partial charge in [0.2, 0.25) is 0 Å². The third kappa shape index (κ3) is 3.61. The highest BCUT2D eigenvalue weighted by Gasteiger charge is 2.22. The number of piperidine rings is 1. The summed E-state index contributed by atoms with van der Waals surface area (Å²) in [4.78, 5) is 14.1. The molecule has 0 saturated carbocycles. The number of halogens is 2. The lowest BCUT2D eigenvalue weighted by atomic mass is 10.1. The second-order valence-corrected chi connectivity index (χ2v) is 4.86. The van der Waals surface area contributed by atoms with Gasteiger partial charge in [-0.3, -0.25) is 4.79 Å². The first-order chi connectivity index (χ1) is 8.18. The van der Waals surface area contributed by atoms with E-state index in [-0.39, 0.29) is 24.4 Å². The molecule has 1 aromatic carbocycles. The summed E-state index contributed by atoms with van der Waals surface area (Å²) in [6.45, 7) is 1.93. The molecule has 1 N–H and O–H groups in total. The molecule has 1 fully saturated rings. The van der Waals surface area contributed by atoms with Crippen LogP contribution in [0.15, 0.2) is 24.3 Å². The molecule has 1 heterocycles. The van der Waals surface area contributed by atoms with Crippen LogP contribution < -0.4 is 5.32 Å². The molecule has 5 heteroatoms. The van der Waals surface area contributed by atoms with Crippen molar-refractivity contribution in [1.29, 1.82) is 0 Å². The summed E-state index contributed by atoms with van der Waals surface area (Å²) in [5, 5.41) is 3.92. The van der Waals surface area contributed by atoms with Crippen molar-refractivity contribution in [3.05, 3.63) is 34.9 Å². The van der Waals surface area contributed by atoms with E-state index in [0.717, 1.165) is 25.9 Å². The van der Waals surface area contributed by atoms with Crippen LogP contribution in [-0.4, -0.2) is 37.0 Å². The molecule has 0 spiro atoms. The third-order valence-electron chi connectivity index (χ3n) is 3.21. The predicted octanol–water partition coefficient (Wildman–Crippen LogP) is 2.59. The summed E-state index contributed by atoms with van der Waals surface area (Å²) in [6, 6.07) is 7.40. The fourth-order valence-electron chi connectivity index (χ4n) is 2.15. The van der Waals surface area contributed by atoms with Crippen LogP contribution in [0.3, 0.4) is 0 Å². The number of hydrogen-bond acceptors (Lipinski definition) is 2. The summed E-state index contributed by atoms with van der Waals surface area (Å²) < 4.78 is 0. The molecule has 1 saturated heterocycles. The van der Waals surface area contributed by atoms with Crippen molar-refractivity contribution in [1.82, 2.24) is 10.2 Å². The lowest BCUT2D eigenvalue weighted by Gasteiger charge is -2.31. The van der Waals surface area contributed by atoms with Gasteiger partial charge in [0.15, 0.2) is 0 Å². The maximum atomic E-state index is 12.2. The average molecular weight is 289 g/mol. The van der Waals surface area contributed by atoms with E-state index in [4.69, 9.17) is 11.6 Å². The first kappa shape index (κ1) is 15.3. The van der Waals surface area contributed by atoms with Crippen LogP contribution in [0.5, 0.6) is 0 Å². The van der Waals surface area contributed by atoms with Gasteiger partial charge in [-0.05, 0) is 37.6 Å². The van der Waals surface area contributed by atoms with Crippen molar-refractivity contribution in [3.63, 3.8) is 0 Å². The fourth-order valence-corrected chi connectivity index (χ4v) is 2.35. The number of benzene rings is 1. The Hall–Kier alpha value is -0.770. The molecule has 1 atom stereocenters. The minimum absolute atomic E-state index is 0. The minimum Gasteiger partial charge on any atom is -0.337 e. The normalized spacial score (nSPS) is 18.9. The van der Waals surface area contributed by atoms with Crippen LogP contribution in [0.4, 0.5) is 0 Å². The molecule has 100 valence electrons. The Morgan fingerprint density at radius 3 is 2.89 bits per heavy atom. The first-order valence-electron chi connectivity index (χ1n) is 5.92. The molecular formula is C13H18Cl2N2O. The van der Waals surface area contributed by atoms with E-state index < -0.39 is 0 Å². The lowest BCUT2D eigenvalue weighted by Crippen LogP contribution is -2.46. The average Bonchev–Trinajstić information content (AvgIpc) is 2.38. The van der Waals surface area contributed by atoms with Crippen LogP contribution in [-0.2, 0) is 0 Å². The van der Waals surface area contributed by atoms with Crippen molar-refractivity contribution in [3.8, 4) is 0 Å². The smallest absolute Gasteiger partial charge is 0.253 e. The van der Waals surface area contributed by atoms with Gasteiger partial charge in [0.1, 0.15) is 0 Å². The maximum absolute atomic E-state index is 12.2. The first-order valence-corrected chi connectivity index (χ1v) is 6.30. The Morgan fingerprint density at radius 1 is 1.50 bits per heavy atom. The number of carbonyl (C=O) groups is 1. The summed E-state index contributed by atoms with van der Waals surface area (Å²) in [6.07, 6.45) is 2.19. The highest BCUT2D eigenvalue weighted by Crippen LogP contribution is 2.15. The summed E-state index contributed by atoms with van der Waals surface area (Å²) in [5.74, 6) is 0.0428. The monoisotopic (exact) mass is 288 g/mol. The van der Waals surface area contributed by atoms with Gasteiger partial charge in [-0.25, -0.2) is 0 Å². The number of amides is 1. The molecule has 0 aliphatic carbocycles. The van der Waals surface area contributed by atoms with Crippen molar-refractivity contribution in [2.75, 3.05) is 20.1 Å². The minimum atomic E-state index is 0.